The fourth-order valence-corrected chi connectivity index (χ4v) is 1.99. The van der Waals surface area contributed by atoms with Gasteiger partial charge in [-0.1, -0.05) is 18.0 Å². The van der Waals surface area contributed by atoms with Crippen LogP contribution in [0.3, 0.4) is 0 Å². The Balaban J connectivity index is 2.63. The quantitative estimate of drug-likeness (QED) is 0.397. The minimum absolute atomic E-state index is 0.0260. The molecule has 0 aliphatic heterocycles. The molecule has 2 atom stereocenters. The summed E-state index contributed by atoms with van der Waals surface area (Å²) in [5.74, 6) is -0.236. The molecule has 0 spiro atoms. The van der Waals surface area contributed by atoms with Gasteiger partial charge in [0, 0.05) is 12.8 Å². The van der Waals surface area contributed by atoms with Crippen LogP contribution in [0.5, 0.6) is 0 Å². The van der Waals surface area contributed by atoms with Crippen molar-refractivity contribution in [3.63, 3.8) is 0 Å². The Morgan fingerprint density at radius 3 is 2.67 bits per heavy atom. The minimum Gasteiger partial charge on any atom is -0.319 e. The zero-order valence-electron chi connectivity index (χ0n) is 9.19. The first kappa shape index (κ1) is 11.7. The zero-order valence-corrected chi connectivity index (χ0v) is 9.19. The molecule has 0 bridgehead atoms. The first-order chi connectivity index (χ1) is 7.15. The predicted octanol–water partition coefficient (Wildman–Crippen LogP) is 2.26. The fraction of sp³-hybridized carbons (Fsp3) is 0.727. The molecular weight excluding hydrogens is 192 g/mol. The number of rotatable bonds is 2. The Kier molecular flexibility index (Phi) is 4.29. The normalized spacial score (nSPS) is 26.9. The number of carbonyl (C=O) groups excluding carboxylic acids is 1. The molecule has 0 aromatic carbocycles. The summed E-state index contributed by atoms with van der Waals surface area (Å²) in [6, 6.07) is 2.30. The highest BCUT2D eigenvalue weighted by Gasteiger charge is 2.27. The minimum atomic E-state index is -0.418. The summed E-state index contributed by atoms with van der Waals surface area (Å²) in [6.45, 7) is 3.14. The van der Waals surface area contributed by atoms with Crippen molar-refractivity contribution >= 4 is 11.7 Å². The molecule has 0 N–H and O–H groups in total. The maximum absolute atomic E-state index is 10.6. The Morgan fingerprint density at radius 2 is 2.07 bits per heavy atom. The molecule has 0 aromatic rings. The lowest BCUT2D eigenvalue weighted by Crippen LogP contribution is -2.24. The Morgan fingerprint density at radius 1 is 1.40 bits per heavy atom. The van der Waals surface area contributed by atoms with E-state index in [0.29, 0.717) is 0 Å². The van der Waals surface area contributed by atoms with Gasteiger partial charge in [0.2, 0.25) is 0 Å². The summed E-state index contributed by atoms with van der Waals surface area (Å²) in [5, 5.41) is 12.7. The molecule has 0 radical (unpaired) electrons. The van der Waals surface area contributed by atoms with E-state index in [1.54, 1.807) is 0 Å². The molecule has 15 heavy (non-hydrogen) atoms. The van der Waals surface area contributed by atoms with Crippen LogP contribution in [0, 0.1) is 23.2 Å². The van der Waals surface area contributed by atoms with E-state index in [2.05, 4.69) is 16.1 Å². The van der Waals surface area contributed by atoms with Gasteiger partial charge in [-0.2, -0.15) is 5.26 Å². The largest absolute Gasteiger partial charge is 0.331 e. The van der Waals surface area contributed by atoms with Gasteiger partial charge in [0.05, 0.1) is 17.7 Å². The van der Waals surface area contributed by atoms with E-state index in [-0.39, 0.29) is 11.8 Å². The molecule has 4 nitrogen and oxygen atoms in total. The lowest BCUT2D eigenvalue weighted by Gasteiger charge is -2.25. The van der Waals surface area contributed by atoms with Crippen LogP contribution in [0.1, 0.15) is 39.5 Å². The van der Waals surface area contributed by atoms with Gasteiger partial charge >= 0.3 is 5.97 Å². The van der Waals surface area contributed by atoms with Gasteiger partial charge in [0.25, 0.3) is 0 Å². The lowest BCUT2D eigenvalue weighted by atomic mass is 9.78. The molecule has 0 heterocycles. The number of nitrogens with zero attached hydrogens (tertiary/aromatic N) is 2. The Bertz CT molecular complexity index is 304. The molecule has 2 unspecified atom stereocenters. The SMILES string of the molecule is CC(=O)O/N=C(\C)C1CCCCC1C#N. The van der Waals surface area contributed by atoms with Crippen LogP contribution in [-0.4, -0.2) is 11.7 Å². The third-order valence-electron chi connectivity index (χ3n) is 2.79. The van der Waals surface area contributed by atoms with Crippen LogP contribution in [-0.2, 0) is 9.63 Å². The maximum atomic E-state index is 10.6. The second-order valence-corrected chi connectivity index (χ2v) is 3.94. The van der Waals surface area contributed by atoms with Crippen LogP contribution < -0.4 is 0 Å². The third kappa shape index (κ3) is 3.35. The van der Waals surface area contributed by atoms with Gasteiger partial charge in [0.15, 0.2) is 0 Å². The van der Waals surface area contributed by atoms with Crippen molar-refractivity contribution in [1.82, 2.24) is 0 Å². The standard InChI is InChI=1S/C11H16N2O2/c1-8(13-15-9(2)14)11-6-4-3-5-10(11)7-12/h10-11H,3-6H2,1-2H3/b13-8+. The van der Waals surface area contributed by atoms with Crippen LogP contribution in [0.4, 0.5) is 0 Å². The van der Waals surface area contributed by atoms with Gasteiger partial charge in [-0.05, 0) is 19.8 Å². The van der Waals surface area contributed by atoms with Crippen molar-refractivity contribution in [3.8, 4) is 6.07 Å². The molecule has 1 aliphatic carbocycles. The van der Waals surface area contributed by atoms with Crippen molar-refractivity contribution in [2.45, 2.75) is 39.5 Å². The summed E-state index contributed by atoms with van der Waals surface area (Å²) in [7, 11) is 0. The summed E-state index contributed by atoms with van der Waals surface area (Å²) in [6.07, 6.45) is 4.12. The van der Waals surface area contributed by atoms with E-state index in [4.69, 9.17) is 5.26 Å². The highest BCUT2D eigenvalue weighted by molar-refractivity contribution is 5.85. The average Bonchev–Trinajstić information content (AvgIpc) is 2.25. The highest BCUT2D eigenvalue weighted by Crippen LogP contribution is 2.30. The maximum Gasteiger partial charge on any atom is 0.331 e. The average molecular weight is 208 g/mol. The van der Waals surface area contributed by atoms with Crippen molar-refractivity contribution in [2.75, 3.05) is 0 Å². The van der Waals surface area contributed by atoms with Crippen LogP contribution in [0.25, 0.3) is 0 Å². The molecule has 0 amide bonds. The number of hydrogen-bond acceptors (Lipinski definition) is 4. The lowest BCUT2D eigenvalue weighted by molar-refractivity contribution is -0.141. The van der Waals surface area contributed by atoms with E-state index in [0.717, 1.165) is 31.4 Å². The molecule has 1 fully saturated rings. The third-order valence-corrected chi connectivity index (χ3v) is 2.79. The van der Waals surface area contributed by atoms with Crippen LogP contribution in [0.15, 0.2) is 5.16 Å². The summed E-state index contributed by atoms with van der Waals surface area (Å²) in [5.41, 5.74) is 0.761. The number of oxime groups is 1. The van der Waals surface area contributed by atoms with E-state index in [1.807, 2.05) is 6.92 Å². The van der Waals surface area contributed by atoms with E-state index >= 15 is 0 Å². The highest BCUT2D eigenvalue weighted by atomic mass is 16.7. The van der Waals surface area contributed by atoms with Crippen molar-refractivity contribution in [2.24, 2.45) is 17.0 Å². The molecular formula is C11H16N2O2. The van der Waals surface area contributed by atoms with E-state index < -0.39 is 5.97 Å². The molecule has 4 heteroatoms. The fourth-order valence-electron chi connectivity index (χ4n) is 1.99. The van der Waals surface area contributed by atoms with Crippen LogP contribution in [0.2, 0.25) is 0 Å². The summed E-state index contributed by atoms with van der Waals surface area (Å²) >= 11 is 0. The van der Waals surface area contributed by atoms with Gasteiger partial charge in [-0.15, -0.1) is 0 Å². The van der Waals surface area contributed by atoms with Crippen molar-refractivity contribution < 1.29 is 9.63 Å². The van der Waals surface area contributed by atoms with E-state index in [1.165, 1.54) is 6.92 Å². The number of nitriles is 1. The van der Waals surface area contributed by atoms with Gasteiger partial charge < -0.3 is 4.84 Å². The van der Waals surface area contributed by atoms with Crippen molar-refractivity contribution in [1.29, 1.82) is 5.26 Å². The second kappa shape index (κ2) is 5.50. The number of hydrogen-bond donors (Lipinski definition) is 0. The zero-order chi connectivity index (χ0) is 11.3. The van der Waals surface area contributed by atoms with Crippen LogP contribution >= 0.6 is 0 Å². The smallest absolute Gasteiger partial charge is 0.319 e. The summed E-state index contributed by atoms with van der Waals surface area (Å²) in [4.78, 5) is 15.2. The molecule has 82 valence electrons. The predicted molar refractivity (Wildman–Crippen MR) is 55.9 cm³/mol. The van der Waals surface area contributed by atoms with Gasteiger partial charge in [-0.3, -0.25) is 0 Å². The number of carbonyl (C=O) groups is 1. The first-order valence-corrected chi connectivity index (χ1v) is 5.27. The second-order valence-electron chi connectivity index (χ2n) is 3.94. The molecule has 0 aromatic heterocycles. The van der Waals surface area contributed by atoms with Crippen molar-refractivity contribution in [3.05, 3.63) is 0 Å². The topological polar surface area (TPSA) is 62.4 Å². The Hall–Kier alpha value is -1.37. The monoisotopic (exact) mass is 208 g/mol. The Labute approximate surface area is 89.9 Å². The summed E-state index contributed by atoms with van der Waals surface area (Å²) < 4.78 is 0. The first-order valence-electron chi connectivity index (χ1n) is 5.27. The molecule has 1 saturated carbocycles. The molecule has 1 aliphatic rings. The van der Waals surface area contributed by atoms with E-state index in [9.17, 15) is 4.79 Å². The molecule has 0 saturated heterocycles. The molecule has 1 rings (SSSR count). The van der Waals surface area contributed by atoms with Gasteiger partial charge in [0.1, 0.15) is 0 Å². The van der Waals surface area contributed by atoms with Gasteiger partial charge in [-0.25, -0.2) is 4.79 Å².